The fraction of sp³-hybridized carbons (Fsp3) is 0.750. The maximum Gasteiger partial charge on any atom is 0.407 e. The van der Waals surface area contributed by atoms with Gasteiger partial charge < -0.3 is 15.4 Å². The van der Waals surface area contributed by atoms with Crippen molar-refractivity contribution >= 4 is 12.0 Å². The number of carbonyl (C=O) groups excluding carboxylic acids is 2. The second kappa shape index (κ2) is 9.42. The standard InChI is InChI=1S/C16H28N2O3/c1-4-21-16(20)18-14(12(2)3)15(19)17-11-10-13-8-6-5-7-9-13/h8,12,14H,4-7,9-11H2,1-3H3,(H,17,19)(H,18,20). The minimum absolute atomic E-state index is 0.0169. The van der Waals surface area contributed by atoms with Gasteiger partial charge in [0.2, 0.25) is 5.91 Å². The average molecular weight is 296 g/mol. The molecule has 0 radical (unpaired) electrons. The molecule has 1 aliphatic rings. The molecule has 0 saturated heterocycles. The first-order valence-electron chi connectivity index (χ1n) is 7.93. The van der Waals surface area contributed by atoms with Gasteiger partial charge in [0, 0.05) is 6.54 Å². The summed E-state index contributed by atoms with van der Waals surface area (Å²) in [6.45, 7) is 6.47. The Kier molecular flexibility index (Phi) is 7.87. The Labute approximate surface area is 127 Å². The maximum atomic E-state index is 12.2. The van der Waals surface area contributed by atoms with Crippen LogP contribution in [-0.2, 0) is 9.53 Å². The zero-order chi connectivity index (χ0) is 15.7. The fourth-order valence-electron chi connectivity index (χ4n) is 2.42. The van der Waals surface area contributed by atoms with Crippen molar-refractivity contribution in [1.82, 2.24) is 10.6 Å². The first-order chi connectivity index (χ1) is 10.0. The normalized spacial score (nSPS) is 16.1. The predicted octanol–water partition coefficient (Wildman–Crippen LogP) is 2.76. The number of alkyl carbamates (subject to hydrolysis) is 1. The summed E-state index contributed by atoms with van der Waals surface area (Å²) in [6, 6.07) is -0.551. The summed E-state index contributed by atoms with van der Waals surface area (Å²) >= 11 is 0. The molecule has 5 nitrogen and oxygen atoms in total. The number of ether oxygens (including phenoxy) is 1. The third-order valence-corrected chi connectivity index (χ3v) is 3.63. The summed E-state index contributed by atoms with van der Waals surface area (Å²) < 4.78 is 4.83. The molecule has 0 spiro atoms. The molecule has 0 saturated carbocycles. The number of nitrogens with one attached hydrogen (secondary N) is 2. The van der Waals surface area contributed by atoms with Crippen LogP contribution >= 0.6 is 0 Å². The van der Waals surface area contributed by atoms with Gasteiger partial charge in [0.1, 0.15) is 6.04 Å². The van der Waals surface area contributed by atoms with E-state index in [-0.39, 0.29) is 11.8 Å². The van der Waals surface area contributed by atoms with E-state index in [1.54, 1.807) is 6.92 Å². The van der Waals surface area contributed by atoms with E-state index in [0.29, 0.717) is 13.2 Å². The van der Waals surface area contributed by atoms with Crippen LogP contribution in [0.3, 0.4) is 0 Å². The fourth-order valence-corrected chi connectivity index (χ4v) is 2.42. The van der Waals surface area contributed by atoms with Crippen LogP contribution < -0.4 is 10.6 Å². The Morgan fingerprint density at radius 1 is 1.33 bits per heavy atom. The van der Waals surface area contributed by atoms with Crippen molar-refractivity contribution in [2.75, 3.05) is 13.2 Å². The molecule has 1 aliphatic carbocycles. The van der Waals surface area contributed by atoms with Gasteiger partial charge in [-0.25, -0.2) is 4.79 Å². The van der Waals surface area contributed by atoms with Crippen molar-refractivity contribution in [2.45, 2.75) is 58.9 Å². The SMILES string of the molecule is CCOC(=O)NC(C(=O)NCCC1=CCCCC1)C(C)C. The van der Waals surface area contributed by atoms with Crippen LogP contribution in [0.1, 0.15) is 52.9 Å². The molecular weight excluding hydrogens is 268 g/mol. The van der Waals surface area contributed by atoms with E-state index < -0.39 is 12.1 Å². The Balaban J connectivity index is 2.38. The van der Waals surface area contributed by atoms with E-state index in [4.69, 9.17) is 4.74 Å². The van der Waals surface area contributed by atoms with E-state index >= 15 is 0 Å². The molecule has 120 valence electrons. The van der Waals surface area contributed by atoms with E-state index in [9.17, 15) is 9.59 Å². The minimum Gasteiger partial charge on any atom is -0.450 e. The van der Waals surface area contributed by atoms with Crippen molar-refractivity contribution in [1.29, 1.82) is 0 Å². The molecule has 0 aliphatic heterocycles. The zero-order valence-corrected chi connectivity index (χ0v) is 13.4. The molecule has 1 atom stereocenters. The third-order valence-electron chi connectivity index (χ3n) is 3.63. The van der Waals surface area contributed by atoms with Crippen LogP contribution in [0, 0.1) is 5.92 Å². The quantitative estimate of drug-likeness (QED) is 0.710. The third kappa shape index (κ3) is 6.65. The second-order valence-corrected chi connectivity index (χ2v) is 5.74. The molecule has 21 heavy (non-hydrogen) atoms. The van der Waals surface area contributed by atoms with Gasteiger partial charge in [0.25, 0.3) is 0 Å². The summed E-state index contributed by atoms with van der Waals surface area (Å²) in [5.41, 5.74) is 1.43. The van der Waals surface area contributed by atoms with Crippen molar-refractivity contribution in [2.24, 2.45) is 5.92 Å². The van der Waals surface area contributed by atoms with Crippen molar-refractivity contribution in [3.63, 3.8) is 0 Å². The number of allylic oxidation sites excluding steroid dienone is 1. The van der Waals surface area contributed by atoms with Gasteiger partial charge in [-0.15, -0.1) is 0 Å². The van der Waals surface area contributed by atoms with Crippen LogP contribution in [0.2, 0.25) is 0 Å². The molecule has 1 rings (SSSR count). The summed E-state index contributed by atoms with van der Waals surface area (Å²) in [5.74, 6) is -0.127. The van der Waals surface area contributed by atoms with Crippen molar-refractivity contribution in [3.05, 3.63) is 11.6 Å². The van der Waals surface area contributed by atoms with E-state index in [1.807, 2.05) is 13.8 Å². The Bertz CT molecular complexity index is 378. The highest BCUT2D eigenvalue weighted by atomic mass is 16.5. The molecule has 0 aromatic heterocycles. The van der Waals surface area contributed by atoms with E-state index in [1.165, 1.54) is 18.4 Å². The molecule has 0 aromatic carbocycles. The number of rotatable bonds is 7. The van der Waals surface area contributed by atoms with Gasteiger partial charge in [-0.05, 0) is 44.9 Å². The highest BCUT2D eigenvalue weighted by molar-refractivity contribution is 5.85. The highest BCUT2D eigenvalue weighted by Gasteiger charge is 2.24. The van der Waals surface area contributed by atoms with Crippen LogP contribution in [0.15, 0.2) is 11.6 Å². The van der Waals surface area contributed by atoms with Crippen LogP contribution in [0.25, 0.3) is 0 Å². The number of amides is 2. The molecule has 0 bridgehead atoms. The molecular formula is C16H28N2O3. The Morgan fingerprint density at radius 2 is 2.10 bits per heavy atom. The minimum atomic E-state index is -0.551. The van der Waals surface area contributed by atoms with Crippen LogP contribution in [0.4, 0.5) is 4.79 Å². The van der Waals surface area contributed by atoms with Gasteiger partial charge in [-0.3, -0.25) is 4.79 Å². The van der Waals surface area contributed by atoms with Crippen molar-refractivity contribution < 1.29 is 14.3 Å². The molecule has 1 unspecified atom stereocenters. The lowest BCUT2D eigenvalue weighted by atomic mass is 9.97. The van der Waals surface area contributed by atoms with Crippen LogP contribution in [0.5, 0.6) is 0 Å². The number of hydrogen-bond donors (Lipinski definition) is 2. The monoisotopic (exact) mass is 296 g/mol. The molecule has 0 fully saturated rings. The number of carbonyl (C=O) groups is 2. The highest BCUT2D eigenvalue weighted by Crippen LogP contribution is 2.19. The largest absolute Gasteiger partial charge is 0.450 e. The average Bonchev–Trinajstić information content (AvgIpc) is 2.45. The molecule has 0 aromatic rings. The lowest BCUT2D eigenvalue weighted by Gasteiger charge is -2.21. The maximum absolute atomic E-state index is 12.2. The first kappa shape index (κ1) is 17.5. The summed E-state index contributed by atoms with van der Waals surface area (Å²) in [4.78, 5) is 23.6. The molecule has 0 heterocycles. The molecule has 2 amide bonds. The van der Waals surface area contributed by atoms with Gasteiger partial charge in [0.15, 0.2) is 0 Å². The summed E-state index contributed by atoms with van der Waals surface area (Å²) in [7, 11) is 0. The van der Waals surface area contributed by atoms with E-state index in [0.717, 1.165) is 19.3 Å². The van der Waals surface area contributed by atoms with Crippen LogP contribution in [-0.4, -0.2) is 31.2 Å². The van der Waals surface area contributed by atoms with Gasteiger partial charge in [-0.1, -0.05) is 25.5 Å². The summed E-state index contributed by atoms with van der Waals surface area (Å²) in [6.07, 6.45) is 7.46. The summed E-state index contributed by atoms with van der Waals surface area (Å²) in [5, 5.41) is 5.53. The lowest BCUT2D eigenvalue weighted by molar-refractivity contribution is -0.124. The van der Waals surface area contributed by atoms with E-state index in [2.05, 4.69) is 16.7 Å². The van der Waals surface area contributed by atoms with Crippen molar-refractivity contribution in [3.8, 4) is 0 Å². The Hall–Kier alpha value is -1.52. The smallest absolute Gasteiger partial charge is 0.407 e. The lowest BCUT2D eigenvalue weighted by Crippen LogP contribution is -2.50. The van der Waals surface area contributed by atoms with Gasteiger partial charge in [0.05, 0.1) is 6.61 Å². The first-order valence-corrected chi connectivity index (χ1v) is 7.93. The zero-order valence-electron chi connectivity index (χ0n) is 13.4. The van der Waals surface area contributed by atoms with Gasteiger partial charge >= 0.3 is 6.09 Å². The Morgan fingerprint density at radius 3 is 2.67 bits per heavy atom. The molecule has 5 heteroatoms. The van der Waals surface area contributed by atoms with Gasteiger partial charge in [-0.2, -0.15) is 0 Å². The predicted molar refractivity (Wildman–Crippen MR) is 83.0 cm³/mol. The molecule has 2 N–H and O–H groups in total. The number of hydrogen-bond acceptors (Lipinski definition) is 3. The second-order valence-electron chi connectivity index (χ2n) is 5.74. The topological polar surface area (TPSA) is 67.4 Å².